The minimum absolute atomic E-state index is 0.0177. The number of benzene rings is 1. The number of nitrogens with one attached hydrogen (secondary N) is 1. The lowest BCUT2D eigenvalue weighted by Crippen LogP contribution is -2.57. The van der Waals surface area contributed by atoms with Gasteiger partial charge in [-0.15, -0.1) is 0 Å². The number of amides is 1. The molecule has 0 radical (unpaired) electrons. The molecule has 1 saturated heterocycles. The van der Waals surface area contributed by atoms with Gasteiger partial charge in [0.15, 0.2) is 0 Å². The van der Waals surface area contributed by atoms with Gasteiger partial charge in [0.1, 0.15) is 11.3 Å². The fourth-order valence-corrected chi connectivity index (χ4v) is 3.48. The van der Waals surface area contributed by atoms with E-state index in [0.717, 1.165) is 42.7 Å². The second-order valence-electron chi connectivity index (χ2n) is 7.21. The van der Waals surface area contributed by atoms with Crippen LogP contribution in [0.3, 0.4) is 0 Å². The van der Waals surface area contributed by atoms with Crippen molar-refractivity contribution in [3.05, 3.63) is 35.6 Å². The molecule has 0 bridgehead atoms. The summed E-state index contributed by atoms with van der Waals surface area (Å²) in [5.41, 5.74) is 1.55. The van der Waals surface area contributed by atoms with Gasteiger partial charge in [0.25, 0.3) is 5.91 Å². The third-order valence-corrected chi connectivity index (χ3v) is 5.35. The Labute approximate surface area is 143 Å². The summed E-state index contributed by atoms with van der Waals surface area (Å²) >= 11 is 0. The Balaban J connectivity index is 1.70. The second kappa shape index (κ2) is 6.57. The molecule has 1 fully saturated rings. The highest BCUT2D eigenvalue weighted by Crippen LogP contribution is 2.26. The van der Waals surface area contributed by atoms with Crippen LogP contribution in [0.4, 0.5) is 0 Å². The maximum atomic E-state index is 12.6. The van der Waals surface area contributed by atoms with Gasteiger partial charge in [-0.3, -0.25) is 4.79 Å². The topological polar surface area (TPSA) is 48.7 Å². The predicted octanol–water partition coefficient (Wildman–Crippen LogP) is 2.50. The number of carbonyl (C=O) groups is 1. The van der Waals surface area contributed by atoms with Crippen LogP contribution in [0.2, 0.25) is 0 Å². The number of furan rings is 1. The Morgan fingerprint density at radius 2 is 2.00 bits per heavy atom. The van der Waals surface area contributed by atoms with Gasteiger partial charge in [-0.25, -0.2) is 0 Å². The van der Waals surface area contributed by atoms with Crippen LogP contribution in [0.15, 0.2) is 28.7 Å². The van der Waals surface area contributed by atoms with Crippen LogP contribution in [-0.2, 0) is 0 Å². The minimum atomic E-state index is -0.0177. The smallest absolute Gasteiger partial charge is 0.251 e. The van der Waals surface area contributed by atoms with E-state index in [4.69, 9.17) is 4.42 Å². The lowest BCUT2D eigenvalue weighted by atomic mass is 9.86. The molecule has 0 spiro atoms. The number of piperidine rings is 1. The van der Waals surface area contributed by atoms with Gasteiger partial charge in [-0.05, 0) is 78.3 Å². The van der Waals surface area contributed by atoms with Crippen molar-refractivity contribution >= 4 is 16.9 Å². The van der Waals surface area contributed by atoms with E-state index >= 15 is 0 Å². The molecule has 1 aliphatic heterocycles. The molecule has 5 nitrogen and oxygen atoms in total. The molecular formula is C19H27N3O2. The van der Waals surface area contributed by atoms with Crippen molar-refractivity contribution in [1.82, 2.24) is 15.1 Å². The van der Waals surface area contributed by atoms with E-state index in [1.54, 1.807) is 0 Å². The summed E-state index contributed by atoms with van der Waals surface area (Å²) in [6.45, 7) is 4.72. The molecule has 2 aromatic rings. The number of hydrogen-bond acceptors (Lipinski definition) is 4. The van der Waals surface area contributed by atoms with E-state index in [1.807, 2.05) is 31.2 Å². The van der Waals surface area contributed by atoms with Crippen molar-refractivity contribution in [2.75, 3.05) is 40.8 Å². The molecule has 0 aliphatic carbocycles. The van der Waals surface area contributed by atoms with Crippen LogP contribution >= 0.6 is 0 Å². The van der Waals surface area contributed by atoms with Crippen LogP contribution in [0.1, 0.15) is 29.0 Å². The number of fused-ring (bicyclic) bond motifs is 1. The number of rotatable bonds is 4. The molecular weight excluding hydrogens is 302 g/mol. The third-order valence-electron chi connectivity index (χ3n) is 5.35. The maximum absolute atomic E-state index is 12.6. The molecule has 130 valence electrons. The summed E-state index contributed by atoms with van der Waals surface area (Å²) in [5.74, 6) is 0.844. The standard InChI is InChI=1S/C19H27N3O2/c1-14-11-16-12-15(5-6-17(16)24-14)18(23)20-13-19(21(2)3)7-9-22(4)10-8-19/h5-6,11-12H,7-10,13H2,1-4H3,(H,20,23). The summed E-state index contributed by atoms with van der Waals surface area (Å²) in [6, 6.07) is 7.56. The summed E-state index contributed by atoms with van der Waals surface area (Å²) in [5, 5.41) is 4.12. The third kappa shape index (κ3) is 3.32. The average molecular weight is 329 g/mol. The fraction of sp³-hybridized carbons (Fsp3) is 0.526. The van der Waals surface area contributed by atoms with E-state index in [0.29, 0.717) is 12.1 Å². The van der Waals surface area contributed by atoms with E-state index in [9.17, 15) is 4.79 Å². The van der Waals surface area contributed by atoms with Gasteiger partial charge in [0.2, 0.25) is 0 Å². The molecule has 0 unspecified atom stereocenters. The van der Waals surface area contributed by atoms with E-state index in [2.05, 4.69) is 36.3 Å². The SMILES string of the molecule is Cc1cc2cc(C(=O)NCC3(N(C)C)CCN(C)CC3)ccc2o1. The first kappa shape index (κ1) is 17.0. The fourth-order valence-electron chi connectivity index (χ4n) is 3.48. The van der Waals surface area contributed by atoms with Crippen LogP contribution in [0.25, 0.3) is 11.0 Å². The summed E-state index contributed by atoms with van der Waals surface area (Å²) in [7, 11) is 6.37. The molecule has 2 heterocycles. The van der Waals surface area contributed by atoms with Crippen molar-refractivity contribution in [2.24, 2.45) is 0 Å². The molecule has 24 heavy (non-hydrogen) atoms. The normalized spacial score (nSPS) is 18.2. The highest BCUT2D eigenvalue weighted by molar-refractivity contribution is 5.97. The monoisotopic (exact) mass is 329 g/mol. The molecule has 0 atom stereocenters. The number of carbonyl (C=O) groups excluding carboxylic acids is 1. The Bertz CT molecular complexity index is 727. The zero-order valence-electron chi connectivity index (χ0n) is 15.1. The number of likely N-dealkylation sites (N-methyl/N-ethyl adjacent to an activating group) is 1. The average Bonchev–Trinajstić information content (AvgIpc) is 2.93. The molecule has 1 aliphatic rings. The highest BCUT2D eigenvalue weighted by atomic mass is 16.3. The van der Waals surface area contributed by atoms with Gasteiger partial charge in [-0.1, -0.05) is 0 Å². The maximum Gasteiger partial charge on any atom is 0.251 e. The number of likely N-dealkylation sites (tertiary alicyclic amines) is 1. The Kier molecular flexibility index (Phi) is 4.65. The first-order valence-electron chi connectivity index (χ1n) is 8.54. The van der Waals surface area contributed by atoms with Gasteiger partial charge in [0, 0.05) is 23.0 Å². The number of hydrogen-bond donors (Lipinski definition) is 1. The second-order valence-corrected chi connectivity index (χ2v) is 7.21. The molecule has 1 aromatic heterocycles. The quantitative estimate of drug-likeness (QED) is 0.936. The summed E-state index contributed by atoms with van der Waals surface area (Å²) < 4.78 is 5.57. The molecule has 1 aromatic carbocycles. The summed E-state index contributed by atoms with van der Waals surface area (Å²) in [6.07, 6.45) is 2.13. The molecule has 1 N–H and O–H groups in total. The zero-order chi connectivity index (χ0) is 17.3. The van der Waals surface area contributed by atoms with Crippen LogP contribution in [-0.4, -0.2) is 62.0 Å². The van der Waals surface area contributed by atoms with Gasteiger partial charge in [-0.2, -0.15) is 0 Å². The van der Waals surface area contributed by atoms with E-state index < -0.39 is 0 Å². The highest BCUT2D eigenvalue weighted by Gasteiger charge is 2.36. The lowest BCUT2D eigenvalue weighted by molar-refractivity contribution is 0.0612. The van der Waals surface area contributed by atoms with Crippen molar-refractivity contribution in [2.45, 2.75) is 25.3 Å². The number of nitrogens with zero attached hydrogens (tertiary/aromatic N) is 2. The Hall–Kier alpha value is -1.85. The van der Waals surface area contributed by atoms with Crippen molar-refractivity contribution in [1.29, 1.82) is 0 Å². The van der Waals surface area contributed by atoms with Crippen molar-refractivity contribution in [3.63, 3.8) is 0 Å². The van der Waals surface area contributed by atoms with Crippen molar-refractivity contribution < 1.29 is 9.21 Å². The first-order valence-corrected chi connectivity index (χ1v) is 8.54. The van der Waals surface area contributed by atoms with E-state index in [-0.39, 0.29) is 11.4 Å². The molecule has 0 saturated carbocycles. The Morgan fingerprint density at radius 3 is 2.67 bits per heavy atom. The van der Waals surface area contributed by atoms with Crippen LogP contribution in [0, 0.1) is 6.92 Å². The Morgan fingerprint density at radius 1 is 1.29 bits per heavy atom. The van der Waals surface area contributed by atoms with Crippen molar-refractivity contribution in [3.8, 4) is 0 Å². The predicted molar refractivity (Wildman–Crippen MR) is 96.4 cm³/mol. The largest absolute Gasteiger partial charge is 0.461 e. The molecule has 5 heteroatoms. The molecule has 1 amide bonds. The minimum Gasteiger partial charge on any atom is -0.461 e. The molecule has 3 rings (SSSR count). The van der Waals surface area contributed by atoms with Crippen LogP contribution in [0.5, 0.6) is 0 Å². The van der Waals surface area contributed by atoms with E-state index in [1.165, 1.54) is 0 Å². The summed E-state index contributed by atoms with van der Waals surface area (Å²) in [4.78, 5) is 17.2. The van der Waals surface area contributed by atoms with Crippen LogP contribution < -0.4 is 5.32 Å². The van der Waals surface area contributed by atoms with Gasteiger partial charge < -0.3 is 19.5 Å². The van der Waals surface area contributed by atoms with Gasteiger partial charge in [0.05, 0.1) is 0 Å². The first-order chi connectivity index (χ1) is 11.4. The zero-order valence-corrected chi connectivity index (χ0v) is 15.1. The van der Waals surface area contributed by atoms with Gasteiger partial charge >= 0.3 is 0 Å². The number of aryl methyl sites for hydroxylation is 1. The lowest BCUT2D eigenvalue weighted by Gasteiger charge is -2.45.